The molecule has 2 N–H and O–H groups in total. The van der Waals surface area contributed by atoms with E-state index in [0.717, 1.165) is 12.4 Å². The summed E-state index contributed by atoms with van der Waals surface area (Å²) < 4.78 is 0. The van der Waals surface area contributed by atoms with Crippen LogP contribution in [0.3, 0.4) is 0 Å². The number of carbonyl (C=O) groups excluding carboxylic acids is 1. The molecule has 0 aromatic heterocycles. The van der Waals surface area contributed by atoms with Gasteiger partial charge < -0.3 is 0 Å². The fourth-order valence-electron chi connectivity index (χ4n) is 1.83. The summed E-state index contributed by atoms with van der Waals surface area (Å²) in [4.78, 5) is 31.9. The average Bonchev–Trinajstić information content (AvgIpc) is 2.64. The van der Waals surface area contributed by atoms with E-state index < -0.39 is 15.9 Å². The normalized spacial score (nSPS) is 10.9. The zero-order valence-electron chi connectivity index (χ0n) is 13.7. The molecule has 0 aliphatic rings. The third-order valence-electron chi connectivity index (χ3n) is 3.12. The number of benzene rings is 2. The van der Waals surface area contributed by atoms with Gasteiger partial charge in [0.15, 0.2) is 0 Å². The Morgan fingerprint density at radius 3 is 1.61 bits per heavy atom. The highest BCUT2D eigenvalue weighted by atomic mass is 35.5. The quantitative estimate of drug-likeness (QED) is 0.412. The van der Waals surface area contributed by atoms with Gasteiger partial charge in [-0.25, -0.2) is 15.6 Å². The molecule has 2 aromatic carbocycles. The summed E-state index contributed by atoms with van der Waals surface area (Å²) in [5.74, 6) is 0. The lowest BCUT2D eigenvalue weighted by molar-refractivity contribution is -0.385. The van der Waals surface area contributed by atoms with Crippen molar-refractivity contribution in [2.24, 2.45) is 10.2 Å². The summed E-state index contributed by atoms with van der Waals surface area (Å²) in [7, 11) is 0. The third-order valence-corrected chi connectivity index (χ3v) is 3.81. The minimum absolute atomic E-state index is 0.186. The fraction of sp³-hybridized carbons (Fsp3) is 0. The lowest BCUT2D eigenvalue weighted by Gasteiger charge is -2.00. The van der Waals surface area contributed by atoms with E-state index in [0.29, 0.717) is 0 Å². The first-order chi connectivity index (χ1) is 13.3. The summed E-state index contributed by atoms with van der Waals surface area (Å²) in [5.41, 5.74) is 4.22. The number of nitrogens with zero attached hydrogens (tertiary/aromatic N) is 4. The molecule has 0 radical (unpaired) electrons. The number of amides is 2. The smallest absolute Gasteiger partial charge is 0.258 e. The molecular weight excluding hydrogens is 415 g/mol. The first-order valence-electron chi connectivity index (χ1n) is 7.28. The fourth-order valence-corrected chi connectivity index (χ4v) is 2.17. The number of hydrazone groups is 2. The Labute approximate surface area is 166 Å². The number of carbonyl (C=O) groups is 1. The predicted octanol–water partition coefficient (Wildman–Crippen LogP) is 3.48. The molecule has 28 heavy (non-hydrogen) atoms. The maximum Gasteiger partial charge on any atom is 0.355 e. The van der Waals surface area contributed by atoms with E-state index in [-0.39, 0.29) is 32.5 Å². The largest absolute Gasteiger partial charge is 0.355 e. The van der Waals surface area contributed by atoms with Gasteiger partial charge in [-0.15, -0.1) is 0 Å². The summed E-state index contributed by atoms with van der Waals surface area (Å²) >= 11 is 11.8. The van der Waals surface area contributed by atoms with E-state index in [9.17, 15) is 25.0 Å². The van der Waals surface area contributed by atoms with Crippen molar-refractivity contribution in [2.45, 2.75) is 0 Å². The van der Waals surface area contributed by atoms with Crippen LogP contribution < -0.4 is 10.9 Å². The molecule has 0 atom stereocenters. The highest BCUT2D eigenvalue weighted by molar-refractivity contribution is 6.33. The molecule has 0 aliphatic carbocycles. The molecule has 11 nitrogen and oxygen atoms in total. The van der Waals surface area contributed by atoms with Gasteiger partial charge in [0.25, 0.3) is 11.4 Å². The van der Waals surface area contributed by atoms with E-state index in [1.54, 1.807) is 0 Å². The van der Waals surface area contributed by atoms with Crippen molar-refractivity contribution in [1.29, 1.82) is 0 Å². The van der Waals surface area contributed by atoms with E-state index >= 15 is 0 Å². The summed E-state index contributed by atoms with van der Waals surface area (Å²) in [6.07, 6.45) is 2.24. The molecule has 0 saturated carbocycles. The minimum Gasteiger partial charge on any atom is -0.258 e. The second kappa shape index (κ2) is 9.39. The van der Waals surface area contributed by atoms with Crippen LogP contribution >= 0.6 is 23.2 Å². The number of nitrogens with one attached hydrogen (secondary N) is 2. The van der Waals surface area contributed by atoms with Crippen LogP contribution in [-0.2, 0) is 0 Å². The van der Waals surface area contributed by atoms with Crippen molar-refractivity contribution in [3.63, 3.8) is 0 Å². The van der Waals surface area contributed by atoms with Crippen LogP contribution in [0, 0.1) is 20.2 Å². The van der Waals surface area contributed by atoms with Gasteiger partial charge >= 0.3 is 6.03 Å². The lowest BCUT2D eigenvalue weighted by atomic mass is 10.2. The maximum atomic E-state index is 11.6. The van der Waals surface area contributed by atoms with E-state index in [2.05, 4.69) is 21.1 Å². The number of nitro groups is 2. The zero-order chi connectivity index (χ0) is 20.7. The highest BCUT2D eigenvalue weighted by Gasteiger charge is 2.09. The number of hydrogen-bond donors (Lipinski definition) is 2. The Balaban J connectivity index is 1.96. The molecule has 0 spiro atoms. The van der Waals surface area contributed by atoms with Gasteiger partial charge in [0, 0.05) is 45.4 Å². The van der Waals surface area contributed by atoms with Crippen molar-refractivity contribution >= 4 is 53.0 Å². The van der Waals surface area contributed by atoms with E-state index in [4.69, 9.17) is 23.2 Å². The van der Waals surface area contributed by atoms with Crippen molar-refractivity contribution in [3.05, 3.63) is 77.8 Å². The molecule has 144 valence electrons. The van der Waals surface area contributed by atoms with Crippen LogP contribution in [0.15, 0.2) is 46.6 Å². The number of halogens is 2. The van der Waals surface area contributed by atoms with Gasteiger partial charge in [-0.1, -0.05) is 23.2 Å². The standard InChI is InChI=1S/C15H10Cl2N6O5/c16-13-3-1-11(22(25)26)5-9(13)7-18-20-15(24)21-19-8-10-6-12(23(27)28)2-4-14(10)17/h1-8H,(H2,20,21,24)/b18-7+,19-8+. The molecule has 2 aromatic rings. The minimum atomic E-state index is -0.837. The van der Waals surface area contributed by atoms with Crippen LogP contribution in [0.1, 0.15) is 11.1 Å². The molecule has 0 bridgehead atoms. The van der Waals surface area contributed by atoms with Gasteiger partial charge in [0.1, 0.15) is 0 Å². The molecule has 13 heteroatoms. The second-order valence-electron chi connectivity index (χ2n) is 4.99. The van der Waals surface area contributed by atoms with Gasteiger partial charge in [-0.3, -0.25) is 20.2 Å². The molecule has 0 fully saturated rings. The van der Waals surface area contributed by atoms with Crippen LogP contribution in [-0.4, -0.2) is 28.3 Å². The molecule has 2 rings (SSSR count). The second-order valence-corrected chi connectivity index (χ2v) is 5.81. The Hall–Kier alpha value is -3.57. The van der Waals surface area contributed by atoms with Crippen LogP contribution in [0.5, 0.6) is 0 Å². The number of rotatable bonds is 6. The monoisotopic (exact) mass is 424 g/mol. The van der Waals surface area contributed by atoms with Crippen molar-refractivity contribution in [3.8, 4) is 0 Å². The van der Waals surface area contributed by atoms with E-state index in [1.807, 2.05) is 0 Å². The Bertz CT molecular complexity index is 917. The Morgan fingerprint density at radius 1 is 0.857 bits per heavy atom. The lowest BCUT2D eigenvalue weighted by Crippen LogP contribution is -2.28. The van der Waals surface area contributed by atoms with Gasteiger partial charge in [-0.2, -0.15) is 10.2 Å². The highest BCUT2D eigenvalue weighted by Crippen LogP contribution is 2.21. The van der Waals surface area contributed by atoms with Gasteiger partial charge in [0.05, 0.1) is 22.3 Å². The number of hydrogen-bond acceptors (Lipinski definition) is 7. The molecule has 2 amide bonds. The first-order valence-corrected chi connectivity index (χ1v) is 8.03. The summed E-state index contributed by atoms with van der Waals surface area (Å²) in [6, 6.07) is 6.65. The summed E-state index contributed by atoms with van der Waals surface area (Å²) in [5, 5.41) is 29.1. The zero-order valence-corrected chi connectivity index (χ0v) is 15.2. The molecular formula is C15H10Cl2N6O5. The van der Waals surface area contributed by atoms with E-state index in [1.165, 1.54) is 36.4 Å². The number of nitro benzene ring substituents is 2. The number of urea groups is 1. The van der Waals surface area contributed by atoms with Crippen LogP contribution in [0.2, 0.25) is 10.0 Å². The van der Waals surface area contributed by atoms with Gasteiger partial charge in [-0.05, 0) is 12.1 Å². The molecule has 0 heterocycles. The molecule has 0 unspecified atom stereocenters. The molecule has 0 saturated heterocycles. The maximum absolute atomic E-state index is 11.6. The number of non-ortho nitro benzene ring substituents is 2. The third kappa shape index (κ3) is 5.72. The predicted molar refractivity (Wildman–Crippen MR) is 103 cm³/mol. The van der Waals surface area contributed by atoms with Crippen molar-refractivity contribution in [1.82, 2.24) is 10.9 Å². The van der Waals surface area contributed by atoms with Crippen molar-refractivity contribution in [2.75, 3.05) is 0 Å². The summed E-state index contributed by atoms with van der Waals surface area (Å²) in [6.45, 7) is 0. The Morgan fingerprint density at radius 2 is 1.25 bits per heavy atom. The van der Waals surface area contributed by atoms with Crippen LogP contribution in [0.4, 0.5) is 16.2 Å². The first kappa shape index (κ1) is 20.7. The van der Waals surface area contributed by atoms with Gasteiger partial charge in [0.2, 0.25) is 0 Å². The Kier molecular flexibility index (Phi) is 6.96. The topological polar surface area (TPSA) is 152 Å². The van der Waals surface area contributed by atoms with Crippen LogP contribution in [0.25, 0.3) is 0 Å². The average molecular weight is 425 g/mol. The van der Waals surface area contributed by atoms with Crippen molar-refractivity contribution < 1.29 is 14.6 Å². The SMILES string of the molecule is O=C(N/N=C/c1cc([N+](=O)[O-])ccc1Cl)N/N=C/c1cc([N+](=O)[O-])ccc1Cl. The molecule has 0 aliphatic heterocycles.